The highest BCUT2D eigenvalue weighted by atomic mass is 79.9. The van der Waals surface area contributed by atoms with Crippen LogP contribution >= 0.6 is 15.9 Å². The van der Waals surface area contributed by atoms with Crippen molar-refractivity contribution >= 4 is 43.5 Å². The average Bonchev–Trinajstić information content (AvgIpc) is 2.98. The van der Waals surface area contributed by atoms with Crippen molar-refractivity contribution in [3.63, 3.8) is 0 Å². The summed E-state index contributed by atoms with van der Waals surface area (Å²) in [5.41, 5.74) is 2.16. The Morgan fingerprint density at radius 2 is 1.62 bits per heavy atom. The molecule has 7 heteroatoms. The predicted molar refractivity (Wildman–Crippen MR) is 164 cm³/mol. The largest absolute Gasteiger partial charge is 0.333 e. The number of nitrogens with zero attached hydrogens (tertiary/aromatic N) is 4. The van der Waals surface area contributed by atoms with Gasteiger partial charge in [-0.1, -0.05) is 71.4 Å². The second-order valence-electron chi connectivity index (χ2n) is 10.4. The monoisotopic (exact) mass is 594 g/mol. The highest BCUT2D eigenvalue weighted by molar-refractivity contribution is 9.10. The van der Waals surface area contributed by atoms with E-state index < -0.39 is 0 Å². The molecule has 0 radical (unpaired) electrons. The Morgan fingerprint density at radius 1 is 0.925 bits per heavy atom. The molecule has 1 saturated heterocycles. The van der Waals surface area contributed by atoms with Gasteiger partial charge in [0.1, 0.15) is 5.82 Å². The van der Waals surface area contributed by atoms with Crippen LogP contribution in [0.1, 0.15) is 42.5 Å². The Morgan fingerprint density at radius 3 is 2.38 bits per heavy atom. The number of benzene rings is 4. The minimum absolute atomic E-state index is 0.00239. The van der Waals surface area contributed by atoms with Crippen LogP contribution in [0, 0.1) is 0 Å². The molecule has 6 rings (SSSR count). The lowest BCUT2D eigenvalue weighted by molar-refractivity contribution is 0.0366. The summed E-state index contributed by atoms with van der Waals surface area (Å²) in [5, 5.41) is 2.65. The molecule has 6 nitrogen and oxygen atoms in total. The summed E-state index contributed by atoms with van der Waals surface area (Å²) in [7, 11) is 0. The molecule has 0 N–H and O–H groups in total. The maximum absolute atomic E-state index is 13.8. The summed E-state index contributed by atoms with van der Waals surface area (Å²) in [6, 6.07) is 29.2. The first-order valence-electron chi connectivity index (χ1n) is 13.8. The Balaban J connectivity index is 1.34. The number of piperazine rings is 1. The molecule has 202 valence electrons. The maximum Gasteiger partial charge on any atom is 0.266 e. The molecule has 0 bridgehead atoms. The number of amides is 1. The lowest BCUT2D eigenvalue weighted by Gasteiger charge is -2.43. The zero-order valence-corrected chi connectivity index (χ0v) is 24.2. The van der Waals surface area contributed by atoms with Gasteiger partial charge in [0.25, 0.3) is 11.5 Å². The van der Waals surface area contributed by atoms with Gasteiger partial charge in [0.05, 0.1) is 22.6 Å². The second-order valence-corrected chi connectivity index (χ2v) is 11.3. The second kappa shape index (κ2) is 11.0. The van der Waals surface area contributed by atoms with Crippen LogP contribution in [0.3, 0.4) is 0 Å². The SMILES string of the molecule is CCC(c1nc2ccccc2c(=O)n1-c1ccc(Br)cc1)N1CCN(C(=O)c2cccc3ccccc23)C(C)C1. The number of hydrogen-bond donors (Lipinski definition) is 0. The molecule has 1 amide bonds. The predicted octanol–water partition coefficient (Wildman–Crippen LogP) is 6.60. The lowest BCUT2D eigenvalue weighted by Crippen LogP contribution is -2.55. The summed E-state index contributed by atoms with van der Waals surface area (Å²) < 4.78 is 2.72. The fourth-order valence-electron chi connectivity index (χ4n) is 5.95. The van der Waals surface area contributed by atoms with Gasteiger partial charge in [-0.3, -0.25) is 19.1 Å². The highest BCUT2D eigenvalue weighted by Crippen LogP contribution is 2.30. The van der Waals surface area contributed by atoms with E-state index in [1.54, 1.807) is 4.57 Å². The van der Waals surface area contributed by atoms with Crippen molar-refractivity contribution in [1.29, 1.82) is 0 Å². The smallest absolute Gasteiger partial charge is 0.266 e. The topological polar surface area (TPSA) is 58.4 Å². The van der Waals surface area contributed by atoms with Gasteiger partial charge < -0.3 is 4.90 Å². The molecule has 4 aromatic carbocycles. The molecule has 2 heterocycles. The van der Waals surface area contributed by atoms with E-state index in [1.165, 1.54) is 0 Å². The third kappa shape index (κ3) is 4.73. The Bertz CT molecular complexity index is 1760. The van der Waals surface area contributed by atoms with Crippen LogP contribution in [0.5, 0.6) is 0 Å². The van der Waals surface area contributed by atoms with Gasteiger partial charge in [-0.2, -0.15) is 0 Å². The number of hydrogen-bond acceptors (Lipinski definition) is 4. The van der Waals surface area contributed by atoms with Crippen molar-refractivity contribution in [2.24, 2.45) is 0 Å². The van der Waals surface area contributed by atoms with Gasteiger partial charge >= 0.3 is 0 Å². The van der Waals surface area contributed by atoms with Crippen LogP contribution in [-0.4, -0.2) is 50.9 Å². The summed E-state index contributed by atoms with van der Waals surface area (Å²) in [6.45, 7) is 6.24. The highest BCUT2D eigenvalue weighted by Gasteiger charge is 2.34. The van der Waals surface area contributed by atoms with Crippen molar-refractivity contribution < 1.29 is 4.79 Å². The van der Waals surface area contributed by atoms with Crippen molar-refractivity contribution in [2.75, 3.05) is 19.6 Å². The van der Waals surface area contributed by atoms with E-state index >= 15 is 0 Å². The summed E-state index contributed by atoms with van der Waals surface area (Å²) in [6.07, 6.45) is 0.783. The van der Waals surface area contributed by atoms with Gasteiger partial charge in [0, 0.05) is 35.7 Å². The van der Waals surface area contributed by atoms with E-state index in [-0.39, 0.29) is 23.6 Å². The van der Waals surface area contributed by atoms with Gasteiger partial charge in [-0.05, 0) is 66.6 Å². The van der Waals surface area contributed by atoms with Crippen molar-refractivity contribution in [3.8, 4) is 5.69 Å². The van der Waals surface area contributed by atoms with E-state index in [0.717, 1.165) is 38.7 Å². The molecule has 1 aromatic heterocycles. The molecule has 5 aromatic rings. The zero-order chi connectivity index (χ0) is 27.8. The zero-order valence-electron chi connectivity index (χ0n) is 22.6. The number of rotatable bonds is 5. The van der Waals surface area contributed by atoms with E-state index in [2.05, 4.69) is 34.7 Å². The van der Waals surface area contributed by atoms with E-state index in [1.807, 2.05) is 95.9 Å². The molecule has 0 spiro atoms. The van der Waals surface area contributed by atoms with Gasteiger partial charge in [-0.15, -0.1) is 0 Å². The van der Waals surface area contributed by atoms with Crippen LogP contribution in [0.2, 0.25) is 0 Å². The summed E-state index contributed by atoms with van der Waals surface area (Å²) >= 11 is 3.51. The lowest BCUT2D eigenvalue weighted by atomic mass is 10.0. The third-order valence-electron chi connectivity index (χ3n) is 7.95. The summed E-state index contributed by atoms with van der Waals surface area (Å²) in [5.74, 6) is 0.794. The molecule has 0 saturated carbocycles. The first kappa shape index (κ1) is 26.4. The molecule has 0 aliphatic carbocycles. The molecule has 1 aliphatic heterocycles. The van der Waals surface area contributed by atoms with Crippen LogP contribution in [0.15, 0.2) is 100 Å². The normalized spacial score (nSPS) is 16.9. The maximum atomic E-state index is 13.8. The van der Waals surface area contributed by atoms with E-state index in [9.17, 15) is 9.59 Å². The molecule has 2 unspecified atom stereocenters. The molecule has 40 heavy (non-hydrogen) atoms. The van der Waals surface area contributed by atoms with Crippen LogP contribution in [0.25, 0.3) is 27.4 Å². The quantitative estimate of drug-likeness (QED) is 0.230. The van der Waals surface area contributed by atoms with E-state index in [0.29, 0.717) is 30.5 Å². The van der Waals surface area contributed by atoms with Crippen LogP contribution in [-0.2, 0) is 0 Å². The fraction of sp³-hybridized carbons (Fsp3) is 0.242. The number of carbonyl (C=O) groups excluding carboxylic acids is 1. The first-order valence-corrected chi connectivity index (χ1v) is 14.6. The van der Waals surface area contributed by atoms with Gasteiger partial charge in [0.15, 0.2) is 0 Å². The minimum atomic E-state index is -0.0850. The third-order valence-corrected chi connectivity index (χ3v) is 8.48. The molecule has 1 fully saturated rings. The van der Waals surface area contributed by atoms with E-state index in [4.69, 9.17) is 4.98 Å². The van der Waals surface area contributed by atoms with Crippen molar-refractivity contribution in [3.05, 3.63) is 117 Å². The number of fused-ring (bicyclic) bond motifs is 2. The average molecular weight is 596 g/mol. The molecule has 1 aliphatic rings. The van der Waals surface area contributed by atoms with Gasteiger partial charge in [-0.25, -0.2) is 4.98 Å². The first-order chi connectivity index (χ1) is 19.5. The molecular formula is C33H31BrN4O2. The number of aromatic nitrogens is 2. The molecular weight excluding hydrogens is 564 g/mol. The fourth-order valence-corrected chi connectivity index (χ4v) is 6.22. The standard InChI is InChI=1S/C33H31BrN4O2/c1-3-30(31-35-29-14-7-6-12-28(29)33(40)38(31)25-17-15-24(34)16-18-25)36-19-20-37(22(2)21-36)32(39)27-13-8-10-23-9-4-5-11-26(23)27/h4-18,22,30H,3,19-21H2,1-2H3. The van der Waals surface area contributed by atoms with Crippen LogP contribution < -0.4 is 5.56 Å². The minimum Gasteiger partial charge on any atom is -0.333 e. The van der Waals surface area contributed by atoms with Gasteiger partial charge in [0.2, 0.25) is 0 Å². The molecule has 2 atom stereocenters. The number of para-hydroxylation sites is 1. The number of halogens is 1. The van der Waals surface area contributed by atoms with Crippen molar-refractivity contribution in [2.45, 2.75) is 32.4 Å². The van der Waals surface area contributed by atoms with Crippen molar-refractivity contribution in [1.82, 2.24) is 19.4 Å². The Kier molecular flexibility index (Phi) is 7.26. The number of carbonyl (C=O) groups is 1. The van der Waals surface area contributed by atoms with Crippen LogP contribution in [0.4, 0.5) is 0 Å². The Labute approximate surface area is 242 Å². The summed E-state index contributed by atoms with van der Waals surface area (Å²) in [4.78, 5) is 37.0. The Hall–Kier alpha value is -3.81.